The summed E-state index contributed by atoms with van der Waals surface area (Å²) in [4.78, 5) is 19.8. The Balaban J connectivity index is 1.99. The number of amides is 1. The molecule has 118 valence electrons. The summed E-state index contributed by atoms with van der Waals surface area (Å²) < 4.78 is 5.40. The van der Waals surface area contributed by atoms with Crippen molar-refractivity contribution in [2.45, 2.75) is 5.54 Å². The molecule has 0 saturated carbocycles. The average molecular weight is 316 g/mol. The summed E-state index contributed by atoms with van der Waals surface area (Å²) in [5.41, 5.74) is 0.586. The molecule has 0 spiro atoms. The summed E-state index contributed by atoms with van der Waals surface area (Å²) in [6.45, 7) is 0. The first kappa shape index (κ1) is 14.5. The van der Waals surface area contributed by atoms with E-state index in [2.05, 4.69) is 0 Å². The highest BCUT2D eigenvalue weighted by atomic mass is 16.5. The first-order valence-corrected chi connectivity index (χ1v) is 7.75. The first-order chi connectivity index (χ1) is 11.8. The summed E-state index contributed by atoms with van der Waals surface area (Å²) in [7, 11) is 1.58. The number of hydrogen-bond acceptors (Lipinski definition) is 3. The van der Waals surface area contributed by atoms with E-state index in [4.69, 9.17) is 9.73 Å². The molecule has 2 aliphatic rings. The molecule has 4 nitrogen and oxygen atoms in total. The highest BCUT2D eigenvalue weighted by molar-refractivity contribution is 6.17. The second-order valence-electron chi connectivity index (χ2n) is 5.63. The molecule has 0 atom stereocenters. The molecule has 2 aromatic rings. The van der Waals surface area contributed by atoms with Crippen LogP contribution in [-0.4, -0.2) is 23.8 Å². The van der Waals surface area contributed by atoms with E-state index >= 15 is 0 Å². The van der Waals surface area contributed by atoms with Crippen molar-refractivity contribution in [1.82, 2.24) is 4.90 Å². The minimum absolute atomic E-state index is 0.103. The van der Waals surface area contributed by atoms with Crippen LogP contribution in [0, 0.1) is 0 Å². The molecule has 2 aromatic carbocycles. The second kappa shape index (κ2) is 5.49. The van der Waals surface area contributed by atoms with E-state index in [9.17, 15) is 4.79 Å². The Morgan fingerprint density at radius 3 is 2.08 bits per heavy atom. The first-order valence-electron chi connectivity index (χ1n) is 7.75. The Labute approximate surface area is 140 Å². The third-order valence-corrected chi connectivity index (χ3v) is 4.34. The summed E-state index contributed by atoms with van der Waals surface area (Å²) in [5.74, 6) is 1.02. The maximum atomic E-state index is 13.4. The van der Waals surface area contributed by atoms with Gasteiger partial charge in [0, 0.05) is 6.20 Å². The minimum atomic E-state index is -1.09. The van der Waals surface area contributed by atoms with Crippen molar-refractivity contribution >= 4 is 11.7 Å². The topological polar surface area (TPSA) is 41.9 Å². The van der Waals surface area contributed by atoms with E-state index in [-0.39, 0.29) is 5.91 Å². The van der Waals surface area contributed by atoms with Crippen LogP contribution in [-0.2, 0) is 15.1 Å². The second-order valence-corrected chi connectivity index (χ2v) is 5.63. The van der Waals surface area contributed by atoms with Crippen LogP contribution in [0.1, 0.15) is 11.1 Å². The number of methoxy groups -OCH3 is 1. The highest BCUT2D eigenvalue weighted by Crippen LogP contribution is 2.41. The van der Waals surface area contributed by atoms with E-state index in [0.29, 0.717) is 11.6 Å². The van der Waals surface area contributed by atoms with Gasteiger partial charge in [0.2, 0.25) is 0 Å². The maximum absolute atomic E-state index is 13.4. The van der Waals surface area contributed by atoms with Crippen molar-refractivity contribution in [1.29, 1.82) is 0 Å². The average Bonchev–Trinajstić information content (AvgIpc) is 2.97. The number of allylic oxidation sites excluding steroid dienone is 2. The third kappa shape index (κ3) is 1.93. The van der Waals surface area contributed by atoms with Gasteiger partial charge in [-0.05, 0) is 23.3 Å². The number of nitrogens with zero attached hydrogens (tertiary/aromatic N) is 2. The number of ether oxygens (including phenoxy) is 1. The van der Waals surface area contributed by atoms with Gasteiger partial charge in [-0.3, -0.25) is 9.69 Å². The van der Waals surface area contributed by atoms with Crippen LogP contribution >= 0.6 is 0 Å². The van der Waals surface area contributed by atoms with Crippen LogP contribution in [0.25, 0.3) is 0 Å². The fraction of sp³-hybridized carbons (Fsp3) is 0.100. The summed E-state index contributed by atoms with van der Waals surface area (Å²) in [6, 6.07) is 19.3. The van der Waals surface area contributed by atoms with Gasteiger partial charge in [-0.15, -0.1) is 0 Å². The molecule has 4 heteroatoms. The Bertz CT molecular complexity index is 828. The fourth-order valence-corrected chi connectivity index (χ4v) is 3.19. The lowest BCUT2D eigenvalue weighted by atomic mass is 9.83. The van der Waals surface area contributed by atoms with Crippen LogP contribution in [0.2, 0.25) is 0 Å². The van der Waals surface area contributed by atoms with Gasteiger partial charge in [-0.2, -0.15) is 0 Å². The van der Waals surface area contributed by atoms with Gasteiger partial charge < -0.3 is 4.74 Å². The normalized spacial score (nSPS) is 18.0. The molecule has 4 rings (SSSR count). The molecule has 24 heavy (non-hydrogen) atoms. The summed E-state index contributed by atoms with van der Waals surface area (Å²) in [6.07, 6.45) is 5.34. The molecular formula is C20H16N2O2. The third-order valence-electron chi connectivity index (χ3n) is 4.34. The van der Waals surface area contributed by atoms with Crippen molar-refractivity contribution in [3.63, 3.8) is 0 Å². The maximum Gasteiger partial charge on any atom is 0.269 e. The van der Waals surface area contributed by atoms with Gasteiger partial charge in [0.25, 0.3) is 5.91 Å². The van der Waals surface area contributed by atoms with Gasteiger partial charge in [-0.1, -0.05) is 60.7 Å². The molecule has 2 heterocycles. The van der Waals surface area contributed by atoms with Gasteiger partial charge in [0.05, 0.1) is 7.11 Å². The van der Waals surface area contributed by atoms with Crippen molar-refractivity contribution in [3.05, 3.63) is 95.9 Å². The Morgan fingerprint density at radius 1 is 0.958 bits per heavy atom. The zero-order valence-electron chi connectivity index (χ0n) is 13.2. The number of aliphatic imine (C=N–C) groups is 1. The largest absolute Gasteiger partial charge is 0.493 e. The van der Waals surface area contributed by atoms with Gasteiger partial charge in [-0.25, -0.2) is 4.99 Å². The molecule has 0 unspecified atom stereocenters. The fourth-order valence-electron chi connectivity index (χ4n) is 3.19. The van der Waals surface area contributed by atoms with Crippen molar-refractivity contribution in [3.8, 4) is 0 Å². The quantitative estimate of drug-likeness (QED) is 0.872. The number of rotatable bonds is 3. The molecular weight excluding hydrogens is 300 g/mol. The molecule has 0 bridgehead atoms. The van der Waals surface area contributed by atoms with Crippen LogP contribution in [0.4, 0.5) is 0 Å². The number of fused-ring (bicyclic) bond motifs is 1. The highest BCUT2D eigenvalue weighted by Gasteiger charge is 2.51. The number of carbonyl (C=O) groups is 1. The molecule has 0 saturated heterocycles. The van der Waals surface area contributed by atoms with Gasteiger partial charge in [0.15, 0.2) is 17.1 Å². The lowest BCUT2D eigenvalue weighted by molar-refractivity contribution is -0.128. The van der Waals surface area contributed by atoms with Crippen LogP contribution in [0.15, 0.2) is 89.8 Å². The minimum Gasteiger partial charge on any atom is -0.493 e. The lowest BCUT2D eigenvalue weighted by Gasteiger charge is -2.26. The SMILES string of the molecule is COC1=CC=CN2C(=O)C(c3ccccc3)(c3ccccc3)N=C12. The van der Waals surface area contributed by atoms with Crippen LogP contribution in [0.3, 0.4) is 0 Å². The predicted molar refractivity (Wildman–Crippen MR) is 92.2 cm³/mol. The molecule has 0 radical (unpaired) electrons. The summed E-state index contributed by atoms with van der Waals surface area (Å²) in [5, 5.41) is 0. The van der Waals surface area contributed by atoms with Gasteiger partial charge >= 0.3 is 0 Å². The van der Waals surface area contributed by atoms with E-state index in [1.807, 2.05) is 66.7 Å². The van der Waals surface area contributed by atoms with Crippen molar-refractivity contribution in [2.75, 3.05) is 7.11 Å². The van der Waals surface area contributed by atoms with Crippen LogP contribution in [0.5, 0.6) is 0 Å². The monoisotopic (exact) mass is 316 g/mol. The molecule has 0 N–H and O–H groups in total. The number of carbonyl (C=O) groups excluding carboxylic acids is 1. The molecule has 0 fully saturated rings. The van der Waals surface area contributed by atoms with E-state index in [1.165, 1.54) is 0 Å². The van der Waals surface area contributed by atoms with Gasteiger partial charge in [0.1, 0.15) is 0 Å². The number of benzene rings is 2. The zero-order valence-corrected chi connectivity index (χ0v) is 13.2. The molecule has 0 aromatic heterocycles. The summed E-state index contributed by atoms with van der Waals surface area (Å²) >= 11 is 0. The van der Waals surface area contributed by atoms with E-state index < -0.39 is 5.54 Å². The lowest BCUT2D eigenvalue weighted by Crippen LogP contribution is -2.40. The Kier molecular flexibility index (Phi) is 3.31. The Morgan fingerprint density at radius 2 is 1.54 bits per heavy atom. The van der Waals surface area contributed by atoms with E-state index in [0.717, 1.165) is 11.1 Å². The molecule has 2 aliphatic heterocycles. The van der Waals surface area contributed by atoms with Crippen LogP contribution < -0.4 is 0 Å². The Hall–Kier alpha value is -3.14. The number of amidine groups is 1. The zero-order chi connectivity index (χ0) is 16.6. The molecule has 1 amide bonds. The standard InChI is InChI=1S/C20H16N2O2/c1-24-17-13-8-14-22-18(17)21-20(19(22)23,15-9-4-2-5-10-15)16-11-6-3-7-12-16/h2-14H,1H3. The number of hydrogen-bond donors (Lipinski definition) is 0. The smallest absolute Gasteiger partial charge is 0.269 e. The predicted octanol–water partition coefficient (Wildman–Crippen LogP) is 3.23. The van der Waals surface area contributed by atoms with Crippen molar-refractivity contribution < 1.29 is 9.53 Å². The molecule has 0 aliphatic carbocycles. The van der Waals surface area contributed by atoms with E-state index in [1.54, 1.807) is 24.3 Å². The van der Waals surface area contributed by atoms with Crippen molar-refractivity contribution in [2.24, 2.45) is 4.99 Å².